The van der Waals surface area contributed by atoms with Crippen molar-refractivity contribution in [2.45, 2.75) is 27.2 Å². The average Bonchev–Trinajstić information content (AvgIpc) is 2.65. The first-order valence-corrected chi connectivity index (χ1v) is 5.64. The number of H-pyrrole nitrogens is 1. The molecular formula is C11H17N5. The number of fused-ring (bicyclic) bond motifs is 1. The number of aromatic nitrogens is 4. The first-order valence-electron chi connectivity index (χ1n) is 5.64. The van der Waals surface area contributed by atoms with Crippen molar-refractivity contribution in [2.24, 2.45) is 5.92 Å². The van der Waals surface area contributed by atoms with Gasteiger partial charge in [-0.1, -0.05) is 13.8 Å². The highest BCUT2D eigenvalue weighted by Crippen LogP contribution is 2.18. The number of hydrogen-bond donors (Lipinski definition) is 2. The molecule has 0 aliphatic carbocycles. The number of nitrogens with zero attached hydrogens (tertiary/aromatic N) is 3. The molecule has 0 aromatic carbocycles. The Bertz CT molecular complexity index is 474. The molecule has 0 radical (unpaired) electrons. The van der Waals surface area contributed by atoms with Crippen LogP contribution in [-0.4, -0.2) is 26.7 Å². The van der Waals surface area contributed by atoms with Crippen LogP contribution in [0.3, 0.4) is 0 Å². The van der Waals surface area contributed by atoms with E-state index in [4.69, 9.17) is 0 Å². The number of nitrogens with one attached hydrogen (secondary N) is 2. The molecule has 0 aliphatic heterocycles. The Kier molecular flexibility index (Phi) is 3.03. The Labute approximate surface area is 94.7 Å². The molecule has 0 atom stereocenters. The summed E-state index contributed by atoms with van der Waals surface area (Å²) < 4.78 is 0. The lowest BCUT2D eigenvalue weighted by Crippen LogP contribution is -2.06. The molecule has 2 heterocycles. The van der Waals surface area contributed by atoms with Gasteiger partial charge < -0.3 is 5.32 Å². The molecular weight excluding hydrogens is 202 g/mol. The minimum atomic E-state index is 0.572. The second kappa shape index (κ2) is 4.47. The van der Waals surface area contributed by atoms with E-state index < -0.39 is 0 Å². The lowest BCUT2D eigenvalue weighted by molar-refractivity contribution is 0.638. The summed E-state index contributed by atoms with van der Waals surface area (Å²) >= 11 is 0. The quantitative estimate of drug-likeness (QED) is 0.825. The van der Waals surface area contributed by atoms with Crippen LogP contribution in [0.1, 0.15) is 26.5 Å². The van der Waals surface area contributed by atoms with Crippen molar-refractivity contribution in [3.05, 3.63) is 11.9 Å². The summed E-state index contributed by atoms with van der Waals surface area (Å²) in [7, 11) is 0. The second-order valence-corrected chi connectivity index (χ2v) is 4.25. The number of aromatic amines is 1. The molecule has 2 aromatic heterocycles. The standard InChI is InChI=1S/C11H17N5/c1-4-12-11-14-9(5-7(2)3)8-6-13-16-10(8)15-11/h6-7H,4-5H2,1-3H3,(H2,12,13,14,15,16). The predicted octanol–water partition coefficient (Wildman–Crippen LogP) is 1.98. The van der Waals surface area contributed by atoms with Crippen molar-refractivity contribution in [2.75, 3.05) is 11.9 Å². The maximum absolute atomic E-state index is 4.52. The first kappa shape index (κ1) is 10.9. The van der Waals surface area contributed by atoms with Gasteiger partial charge in [-0.2, -0.15) is 10.1 Å². The van der Waals surface area contributed by atoms with Gasteiger partial charge in [0, 0.05) is 6.54 Å². The largest absolute Gasteiger partial charge is 0.354 e. The minimum absolute atomic E-state index is 0.572. The van der Waals surface area contributed by atoms with Gasteiger partial charge in [-0.05, 0) is 19.3 Å². The summed E-state index contributed by atoms with van der Waals surface area (Å²) in [5, 5.41) is 11.1. The molecule has 0 fully saturated rings. The average molecular weight is 219 g/mol. The Morgan fingerprint density at radius 1 is 1.38 bits per heavy atom. The molecule has 0 bridgehead atoms. The van der Waals surface area contributed by atoms with E-state index in [-0.39, 0.29) is 0 Å². The Balaban J connectivity index is 2.46. The minimum Gasteiger partial charge on any atom is -0.354 e. The number of hydrogen-bond acceptors (Lipinski definition) is 4. The molecule has 0 unspecified atom stereocenters. The molecule has 2 aromatic rings. The van der Waals surface area contributed by atoms with Gasteiger partial charge in [0.1, 0.15) is 0 Å². The molecule has 2 N–H and O–H groups in total. The highest BCUT2D eigenvalue weighted by Gasteiger charge is 2.10. The van der Waals surface area contributed by atoms with E-state index in [9.17, 15) is 0 Å². The molecule has 5 nitrogen and oxygen atoms in total. The van der Waals surface area contributed by atoms with E-state index in [0.29, 0.717) is 11.9 Å². The SMILES string of the molecule is CCNc1nc(CC(C)C)c2cn[nH]c2n1. The topological polar surface area (TPSA) is 66.5 Å². The summed E-state index contributed by atoms with van der Waals surface area (Å²) in [6, 6.07) is 0. The first-order chi connectivity index (χ1) is 7.70. The maximum atomic E-state index is 4.52. The van der Waals surface area contributed by atoms with Gasteiger partial charge in [0.15, 0.2) is 5.65 Å². The van der Waals surface area contributed by atoms with Gasteiger partial charge in [-0.15, -0.1) is 0 Å². The molecule has 5 heteroatoms. The fourth-order valence-corrected chi connectivity index (χ4v) is 1.67. The molecule has 0 amide bonds. The third-order valence-corrected chi connectivity index (χ3v) is 2.33. The van der Waals surface area contributed by atoms with Crippen molar-refractivity contribution < 1.29 is 0 Å². The van der Waals surface area contributed by atoms with Crippen molar-refractivity contribution in [3.8, 4) is 0 Å². The van der Waals surface area contributed by atoms with E-state index in [2.05, 4.69) is 39.3 Å². The lowest BCUT2D eigenvalue weighted by atomic mass is 10.1. The maximum Gasteiger partial charge on any atom is 0.224 e. The van der Waals surface area contributed by atoms with Crippen molar-refractivity contribution in [1.82, 2.24) is 20.2 Å². The Morgan fingerprint density at radius 2 is 2.19 bits per heavy atom. The molecule has 16 heavy (non-hydrogen) atoms. The van der Waals surface area contributed by atoms with Crippen LogP contribution in [0.4, 0.5) is 5.95 Å². The van der Waals surface area contributed by atoms with Crippen molar-refractivity contribution >= 4 is 17.0 Å². The van der Waals surface area contributed by atoms with E-state index in [1.807, 2.05) is 6.92 Å². The molecule has 0 aliphatic rings. The fraction of sp³-hybridized carbons (Fsp3) is 0.545. The smallest absolute Gasteiger partial charge is 0.224 e. The van der Waals surface area contributed by atoms with E-state index in [0.717, 1.165) is 29.7 Å². The van der Waals surface area contributed by atoms with Crippen LogP contribution in [0.5, 0.6) is 0 Å². The molecule has 86 valence electrons. The van der Waals surface area contributed by atoms with Crippen molar-refractivity contribution in [3.63, 3.8) is 0 Å². The number of anilines is 1. The van der Waals surface area contributed by atoms with Crippen LogP contribution in [0.15, 0.2) is 6.20 Å². The normalized spacial score (nSPS) is 11.2. The van der Waals surface area contributed by atoms with Crippen LogP contribution in [-0.2, 0) is 6.42 Å². The third kappa shape index (κ3) is 2.13. The van der Waals surface area contributed by atoms with E-state index >= 15 is 0 Å². The van der Waals surface area contributed by atoms with Crippen LogP contribution in [0.2, 0.25) is 0 Å². The highest BCUT2D eigenvalue weighted by atomic mass is 15.2. The zero-order chi connectivity index (χ0) is 11.5. The summed E-state index contributed by atoms with van der Waals surface area (Å²) in [5.41, 5.74) is 1.87. The lowest BCUT2D eigenvalue weighted by Gasteiger charge is -2.07. The monoisotopic (exact) mass is 219 g/mol. The summed E-state index contributed by atoms with van der Waals surface area (Å²) in [6.07, 6.45) is 2.74. The summed E-state index contributed by atoms with van der Waals surface area (Å²) in [4.78, 5) is 8.87. The predicted molar refractivity (Wildman–Crippen MR) is 64.4 cm³/mol. The zero-order valence-electron chi connectivity index (χ0n) is 9.91. The highest BCUT2D eigenvalue weighted by molar-refractivity contribution is 5.77. The zero-order valence-corrected chi connectivity index (χ0v) is 9.91. The van der Waals surface area contributed by atoms with Crippen LogP contribution >= 0.6 is 0 Å². The molecule has 2 rings (SSSR count). The summed E-state index contributed by atoms with van der Waals surface area (Å²) in [6.45, 7) is 7.21. The van der Waals surface area contributed by atoms with E-state index in [1.54, 1.807) is 6.20 Å². The molecule has 0 saturated heterocycles. The van der Waals surface area contributed by atoms with Gasteiger partial charge in [0.05, 0.1) is 17.3 Å². The van der Waals surface area contributed by atoms with Gasteiger partial charge >= 0.3 is 0 Å². The third-order valence-electron chi connectivity index (χ3n) is 2.33. The van der Waals surface area contributed by atoms with Crippen LogP contribution < -0.4 is 5.32 Å². The Hall–Kier alpha value is -1.65. The Morgan fingerprint density at radius 3 is 2.88 bits per heavy atom. The van der Waals surface area contributed by atoms with E-state index in [1.165, 1.54) is 0 Å². The molecule has 0 saturated carbocycles. The van der Waals surface area contributed by atoms with Crippen LogP contribution in [0, 0.1) is 5.92 Å². The second-order valence-electron chi connectivity index (χ2n) is 4.25. The summed E-state index contributed by atoms with van der Waals surface area (Å²) in [5.74, 6) is 1.25. The van der Waals surface area contributed by atoms with Gasteiger partial charge in [0.25, 0.3) is 0 Å². The number of rotatable bonds is 4. The van der Waals surface area contributed by atoms with Gasteiger partial charge in [-0.25, -0.2) is 4.98 Å². The molecule has 0 spiro atoms. The van der Waals surface area contributed by atoms with Gasteiger partial charge in [0.2, 0.25) is 5.95 Å². The fourth-order valence-electron chi connectivity index (χ4n) is 1.67. The van der Waals surface area contributed by atoms with Crippen LogP contribution in [0.25, 0.3) is 11.0 Å². The van der Waals surface area contributed by atoms with Gasteiger partial charge in [-0.3, -0.25) is 5.10 Å². The van der Waals surface area contributed by atoms with Crippen molar-refractivity contribution in [1.29, 1.82) is 0 Å².